The van der Waals surface area contributed by atoms with Crippen molar-refractivity contribution in [3.05, 3.63) is 364 Å². The van der Waals surface area contributed by atoms with Crippen LogP contribution >= 0.6 is 26.9 Å². The van der Waals surface area contributed by atoms with Crippen LogP contribution in [0, 0.1) is 0 Å². The molecule has 484 valence electrons. The van der Waals surface area contributed by atoms with Gasteiger partial charge < -0.3 is 0 Å². The molecule has 12 rings (SSSR count). The number of benzene rings is 12. The number of rotatable bonds is 24. The van der Waals surface area contributed by atoms with Crippen molar-refractivity contribution in [2.24, 2.45) is 0 Å². The van der Waals surface area contributed by atoms with Crippen LogP contribution in [0.3, 0.4) is 0 Å². The number of hydrogen-bond acceptors (Lipinski definition) is 12. The molecule has 0 heterocycles. The quantitative estimate of drug-likeness (QED) is 0.0424. The maximum atomic E-state index is 5.94. The van der Waals surface area contributed by atoms with Gasteiger partial charge in [-0.1, -0.05) is 0 Å². The zero-order chi connectivity index (χ0) is 63.8. The summed E-state index contributed by atoms with van der Waals surface area (Å²) in [4.78, 5) is 0. The number of para-hydroxylation sites is 12. The van der Waals surface area contributed by atoms with Gasteiger partial charge >= 0.3 is 574 Å². The third kappa shape index (κ3) is 24.5. The topological polar surface area (TPSA) is 111 Å². The summed E-state index contributed by atoms with van der Waals surface area (Å²) in [7, 11) is 0. The Morgan fingerprint density at radius 1 is 0.120 bits per heavy atom. The first kappa shape index (κ1) is 68.3. The molecule has 0 aromatic heterocycles. The SMILES string of the molecule is [Ni][PH](Oc1ccccc1)(Oc1ccccc1)Oc1ccccc1.[Ni][PH](Oc1ccccc1)(Oc1ccccc1)Oc1ccccc1.[Ni][PH](Oc1ccccc1)(Oc1ccccc1)Oc1ccccc1.[Ni][PH](Oc1ccccc1)(Oc1ccccc1)Oc1ccccc1. The molecule has 0 saturated carbocycles. The molecule has 0 aliphatic carbocycles. The van der Waals surface area contributed by atoms with Gasteiger partial charge in [0.05, 0.1) is 0 Å². The van der Waals surface area contributed by atoms with Crippen LogP contribution in [-0.2, 0) is 60.1 Å². The van der Waals surface area contributed by atoms with Crippen molar-refractivity contribution >= 4 is 26.9 Å². The van der Waals surface area contributed by atoms with Gasteiger partial charge in [0.2, 0.25) is 0 Å². The second kappa shape index (κ2) is 36.2. The second-order valence-electron chi connectivity index (χ2n) is 18.8. The molecule has 12 aromatic carbocycles. The first-order valence-corrected chi connectivity index (χ1v) is 40.5. The van der Waals surface area contributed by atoms with E-state index in [9.17, 15) is 0 Å². The predicted molar refractivity (Wildman–Crippen MR) is 358 cm³/mol. The van der Waals surface area contributed by atoms with Gasteiger partial charge in [-0.3, -0.25) is 0 Å². The fourth-order valence-electron chi connectivity index (χ4n) is 7.71. The summed E-state index contributed by atoms with van der Waals surface area (Å²) in [5, 5.41) is 0. The molecule has 0 saturated heterocycles. The molecule has 12 nitrogen and oxygen atoms in total. The van der Waals surface area contributed by atoms with Crippen molar-refractivity contribution < 1.29 is 114 Å². The van der Waals surface area contributed by atoms with Gasteiger partial charge in [-0.05, 0) is 0 Å². The average Bonchev–Trinajstić information content (AvgIpc) is 1.66. The van der Waals surface area contributed by atoms with Gasteiger partial charge in [-0.2, -0.15) is 0 Å². The molecule has 0 N–H and O–H groups in total. The molecule has 92 heavy (non-hydrogen) atoms. The predicted octanol–water partition coefficient (Wildman–Crippen LogP) is 20.7. The van der Waals surface area contributed by atoms with Gasteiger partial charge in [-0.25, -0.2) is 0 Å². The van der Waals surface area contributed by atoms with Crippen LogP contribution in [0.2, 0.25) is 0 Å². The van der Waals surface area contributed by atoms with E-state index in [1.165, 1.54) is 0 Å². The van der Waals surface area contributed by atoms with Gasteiger partial charge in [0, 0.05) is 0 Å². The zero-order valence-electron chi connectivity index (χ0n) is 48.8. The van der Waals surface area contributed by atoms with E-state index < -0.39 is 26.9 Å². The van der Waals surface area contributed by atoms with Gasteiger partial charge in [-0.15, -0.1) is 0 Å². The molecular weight excluding hydrogens is 1420 g/mol. The normalized spacial score (nSPS) is 11.6. The first-order chi connectivity index (χ1) is 44.9. The summed E-state index contributed by atoms with van der Waals surface area (Å²) in [6.45, 7) is -13.4. The Kier molecular flexibility index (Phi) is 26.9. The molecule has 0 bridgehead atoms. The Labute approximate surface area is 569 Å². The minimum atomic E-state index is -3.35. The van der Waals surface area contributed by atoms with E-state index in [2.05, 4.69) is 0 Å². The third-order valence-corrected chi connectivity index (χ3v) is 21.0. The molecule has 0 unspecified atom stereocenters. The zero-order valence-corrected chi connectivity index (χ0v) is 56.8. The fourth-order valence-corrected chi connectivity index (χ4v) is 17.2. The summed E-state index contributed by atoms with van der Waals surface area (Å²) < 4.78 is 71.3. The molecule has 20 heteroatoms. The molecule has 12 aromatic rings. The Morgan fingerprint density at radius 3 is 0.250 bits per heavy atom. The Balaban J connectivity index is 0.000000145. The van der Waals surface area contributed by atoms with Crippen molar-refractivity contribution in [2.75, 3.05) is 0 Å². The second-order valence-corrected chi connectivity index (χ2v) is 32.0. The van der Waals surface area contributed by atoms with Crippen molar-refractivity contribution in [1.82, 2.24) is 0 Å². The van der Waals surface area contributed by atoms with E-state index in [1.54, 1.807) is 0 Å². The van der Waals surface area contributed by atoms with E-state index in [0.29, 0.717) is 69.0 Å². The van der Waals surface area contributed by atoms with Crippen molar-refractivity contribution in [1.29, 1.82) is 0 Å². The van der Waals surface area contributed by atoms with Crippen LogP contribution < -0.4 is 54.3 Å². The molecule has 0 aliphatic rings. The summed E-state index contributed by atoms with van der Waals surface area (Å²) >= 11 is 21.0. The molecule has 0 fully saturated rings. The van der Waals surface area contributed by atoms with Crippen LogP contribution in [0.5, 0.6) is 69.0 Å². The van der Waals surface area contributed by atoms with Crippen molar-refractivity contribution in [3.8, 4) is 69.0 Å². The van der Waals surface area contributed by atoms with Gasteiger partial charge in [0.25, 0.3) is 0 Å². The van der Waals surface area contributed by atoms with Crippen LogP contribution in [0.4, 0.5) is 0 Å². The average molecular weight is 1480 g/mol. The summed E-state index contributed by atoms with van der Waals surface area (Å²) in [5.41, 5.74) is 0. The monoisotopic (exact) mass is 1480 g/mol. The van der Waals surface area contributed by atoms with Gasteiger partial charge in [0.1, 0.15) is 0 Å². The fraction of sp³-hybridized carbons (Fsp3) is 0. The molecular formula is C72H64Ni4O12P4. The Bertz CT molecular complexity index is 3010. The summed E-state index contributed by atoms with van der Waals surface area (Å²) in [6, 6.07) is 112. The van der Waals surface area contributed by atoms with Crippen molar-refractivity contribution in [2.45, 2.75) is 0 Å². The number of hydrogen-bond donors (Lipinski definition) is 0. The van der Waals surface area contributed by atoms with Gasteiger partial charge in [0.15, 0.2) is 0 Å². The molecule has 0 radical (unpaired) electrons. The molecule has 0 atom stereocenters. The molecule has 0 spiro atoms. The Hall–Kier alpha value is -8.07. The van der Waals surface area contributed by atoms with Crippen LogP contribution in [-0.4, -0.2) is 0 Å². The summed E-state index contributed by atoms with van der Waals surface area (Å²) in [6.07, 6.45) is 0. The van der Waals surface area contributed by atoms with E-state index in [4.69, 9.17) is 114 Å². The standard InChI is InChI=1S/4C18H16O3P.4Ni/c4*1-4-10-16(11-5-1)19-22(20-17-12-6-2-7-13-17)21-18-14-8-3-9-15-18;;;;/h4*1-15,22H;;;;/q4*+1;4*-1. The maximum absolute atomic E-state index is 5.94. The minimum absolute atomic E-state index is 0.636. The third-order valence-electron chi connectivity index (χ3n) is 11.7. The van der Waals surface area contributed by atoms with E-state index >= 15 is 0 Å². The van der Waals surface area contributed by atoms with E-state index in [-0.39, 0.29) is 0 Å². The Morgan fingerprint density at radius 2 is 0.185 bits per heavy atom. The van der Waals surface area contributed by atoms with Crippen LogP contribution in [0.25, 0.3) is 0 Å². The van der Waals surface area contributed by atoms with E-state index in [1.807, 2.05) is 364 Å². The van der Waals surface area contributed by atoms with Crippen LogP contribution in [0.15, 0.2) is 364 Å². The van der Waals surface area contributed by atoms with E-state index in [0.717, 1.165) is 0 Å². The van der Waals surface area contributed by atoms with Crippen molar-refractivity contribution in [3.63, 3.8) is 0 Å². The van der Waals surface area contributed by atoms with Crippen LogP contribution in [0.1, 0.15) is 0 Å². The first-order valence-electron chi connectivity index (χ1n) is 28.5. The molecule has 0 amide bonds. The summed E-state index contributed by atoms with van der Waals surface area (Å²) in [5.74, 6) is 7.64. The molecule has 0 aliphatic heterocycles.